The Kier molecular flexibility index (Phi) is 2.61. The quantitative estimate of drug-likeness (QED) is 0.777. The Morgan fingerprint density at radius 3 is 2.53 bits per heavy atom. The largest absolute Gasteiger partial charge is 0.433 e. The molecule has 1 aliphatic carbocycles. The van der Waals surface area contributed by atoms with Gasteiger partial charge >= 0.3 is 6.18 Å². The number of rotatable bonds is 1. The Labute approximate surface area is 93.8 Å². The molecule has 1 unspecified atom stereocenters. The van der Waals surface area contributed by atoms with E-state index in [4.69, 9.17) is 0 Å². The second-order valence-corrected chi connectivity index (χ2v) is 3.89. The molecule has 1 heterocycles. The molecule has 0 aromatic carbocycles. The van der Waals surface area contributed by atoms with E-state index in [1.807, 2.05) is 0 Å². The van der Waals surface area contributed by atoms with Gasteiger partial charge in [0.2, 0.25) is 0 Å². The van der Waals surface area contributed by atoms with E-state index in [-0.39, 0.29) is 11.3 Å². The highest BCUT2D eigenvalue weighted by atomic mass is 19.4. The Balaban J connectivity index is 2.45. The van der Waals surface area contributed by atoms with Crippen LogP contribution in [0.3, 0.4) is 0 Å². The van der Waals surface area contributed by atoms with Gasteiger partial charge in [0.15, 0.2) is 0 Å². The van der Waals surface area contributed by atoms with Crippen molar-refractivity contribution in [2.45, 2.75) is 24.6 Å². The average Bonchev–Trinajstić information content (AvgIpc) is 2.44. The lowest BCUT2D eigenvalue weighted by Gasteiger charge is -2.18. The molecule has 1 aromatic rings. The predicted octanol–water partition coefficient (Wildman–Crippen LogP) is 2.55. The van der Waals surface area contributed by atoms with Gasteiger partial charge in [-0.15, -0.1) is 0 Å². The van der Waals surface area contributed by atoms with E-state index in [0.29, 0.717) is 0 Å². The molecule has 0 saturated heterocycles. The van der Waals surface area contributed by atoms with Crippen molar-refractivity contribution < 1.29 is 22.0 Å². The van der Waals surface area contributed by atoms with Gasteiger partial charge in [0.05, 0.1) is 18.2 Å². The van der Waals surface area contributed by atoms with E-state index in [1.165, 1.54) is 7.05 Å². The van der Waals surface area contributed by atoms with Crippen LogP contribution in [0.2, 0.25) is 0 Å². The second kappa shape index (κ2) is 3.63. The summed E-state index contributed by atoms with van der Waals surface area (Å²) in [6.45, 7) is 0. The minimum Gasteiger partial charge on any atom is -0.308 e. The summed E-state index contributed by atoms with van der Waals surface area (Å²) in [5.41, 5.74) is -1.20. The van der Waals surface area contributed by atoms with Gasteiger partial charge in [-0.2, -0.15) is 13.2 Å². The third-order valence-corrected chi connectivity index (χ3v) is 2.72. The number of hydrogen-bond acceptors (Lipinski definition) is 2. The van der Waals surface area contributed by atoms with Crippen molar-refractivity contribution in [2.24, 2.45) is 0 Å². The van der Waals surface area contributed by atoms with Gasteiger partial charge in [0.1, 0.15) is 5.69 Å². The first-order chi connectivity index (χ1) is 7.75. The Morgan fingerprint density at radius 1 is 1.35 bits per heavy atom. The monoisotopic (exact) mass is 252 g/mol. The van der Waals surface area contributed by atoms with Crippen molar-refractivity contribution in [3.05, 3.63) is 29.1 Å². The van der Waals surface area contributed by atoms with Crippen LogP contribution in [0.1, 0.15) is 23.0 Å². The number of hydrogen-bond donors (Lipinski definition) is 1. The number of halogens is 5. The van der Waals surface area contributed by atoms with E-state index in [0.717, 1.165) is 12.1 Å². The molecule has 0 aliphatic heterocycles. The van der Waals surface area contributed by atoms with E-state index < -0.39 is 30.3 Å². The van der Waals surface area contributed by atoms with E-state index in [1.54, 1.807) is 0 Å². The molecule has 1 aromatic heterocycles. The van der Waals surface area contributed by atoms with Gasteiger partial charge in [0, 0.05) is 0 Å². The number of nitrogens with zero attached hydrogens (tertiary/aromatic N) is 1. The first-order valence-electron chi connectivity index (χ1n) is 4.88. The van der Waals surface area contributed by atoms with Crippen molar-refractivity contribution in [1.29, 1.82) is 0 Å². The summed E-state index contributed by atoms with van der Waals surface area (Å²) < 4.78 is 64.0. The molecule has 1 atom stereocenters. The summed E-state index contributed by atoms with van der Waals surface area (Å²) in [6.07, 6.45) is -5.38. The van der Waals surface area contributed by atoms with Crippen LogP contribution in [0, 0.1) is 0 Å². The summed E-state index contributed by atoms with van der Waals surface area (Å²) in [7, 11) is 1.34. The van der Waals surface area contributed by atoms with Gasteiger partial charge in [0.25, 0.3) is 5.92 Å². The molecule has 0 amide bonds. The predicted molar refractivity (Wildman–Crippen MR) is 49.7 cm³/mol. The number of pyridine rings is 1. The van der Waals surface area contributed by atoms with Crippen molar-refractivity contribution >= 4 is 0 Å². The molecule has 7 heteroatoms. The van der Waals surface area contributed by atoms with Crippen LogP contribution in [0.25, 0.3) is 0 Å². The number of nitrogens with one attached hydrogen (secondary N) is 1. The summed E-state index contributed by atoms with van der Waals surface area (Å²) in [6, 6.07) is 0.518. The molecule has 0 spiro atoms. The van der Waals surface area contributed by atoms with Crippen LogP contribution < -0.4 is 5.32 Å². The fraction of sp³-hybridized carbons (Fsp3) is 0.500. The van der Waals surface area contributed by atoms with Crippen molar-refractivity contribution in [2.75, 3.05) is 7.05 Å². The third-order valence-electron chi connectivity index (χ3n) is 2.72. The van der Waals surface area contributed by atoms with Gasteiger partial charge in [-0.25, -0.2) is 13.8 Å². The Bertz CT molecular complexity index is 441. The lowest BCUT2D eigenvalue weighted by atomic mass is 10.1. The van der Waals surface area contributed by atoms with Crippen molar-refractivity contribution in [3.63, 3.8) is 0 Å². The van der Waals surface area contributed by atoms with Gasteiger partial charge in [-0.3, -0.25) is 0 Å². The van der Waals surface area contributed by atoms with E-state index >= 15 is 0 Å². The summed E-state index contributed by atoms with van der Waals surface area (Å²) in [4.78, 5) is 3.27. The first-order valence-corrected chi connectivity index (χ1v) is 4.88. The van der Waals surface area contributed by atoms with Crippen LogP contribution in [0.4, 0.5) is 22.0 Å². The Morgan fingerprint density at radius 2 is 2.00 bits per heavy atom. The highest BCUT2D eigenvalue weighted by molar-refractivity contribution is 5.35. The van der Waals surface area contributed by atoms with Crippen LogP contribution in [0.15, 0.2) is 12.1 Å². The van der Waals surface area contributed by atoms with Gasteiger partial charge < -0.3 is 5.32 Å². The van der Waals surface area contributed by atoms with Gasteiger partial charge in [-0.05, 0) is 18.7 Å². The molecular weight excluding hydrogens is 243 g/mol. The minimum atomic E-state index is -4.61. The van der Waals surface area contributed by atoms with Crippen LogP contribution >= 0.6 is 0 Å². The minimum absolute atomic E-state index is 0.130. The fourth-order valence-corrected chi connectivity index (χ4v) is 1.99. The summed E-state index contributed by atoms with van der Waals surface area (Å²) >= 11 is 0. The molecule has 0 bridgehead atoms. The third kappa shape index (κ3) is 1.99. The lowest BCUT2D eigenvalue weighted by Crippen LogP contribution is -2.31. The molecule has 2 nitrogen and oxygen atoms in total. The maximum absolute atomic E-state index is 13.4. The topological polar surface area (TPSA) is 24.9 Å². The molecule has 1 N–H and O–H groups in total. The normalized spacial score (nSPS) is 22.6. The van der Waals surface area contributed by atoms with Crippen LogP contribution in [-0.4, -0.2) is 18.0 Å². The fourth-order valence-electron chi connectivity index (χ4n) is 1.99. The van der Waals surface area contributed by atoms with Crippen LogP contribution in [0.5, 0.6) is 0 Å². The number of aromatic nitrogens is 1. The maximum Gasteiger partial charge on any atom is 0.433 e. The summed E-state index contributed by atoms with van der Waals surface area (Å²) in [5.74, 6) is -3.10. The zero-order chi connectivity index (χ0) is 12.8. The second-order valence-electron chi connectivity index (χ2n) is 3.89. The van der Waals surface area contributed by atoms with Crippen molar-refractivity contribution in [1.82, 2.24) is 10.3 Å². The standard InChI is InChI=1S/C10H9F5N2/c1-16-8-5-2-3-7(10(13,14)15)17-6(5)4-9(8,11)12/h2-3,8,16H,4H2,1H3. The maximum atomic E-state index is 13.4. The highest BCUT2D eigenvalue weighted by Gasteiger charge is 2.48. The number of alkyl halides is 5. The first kappa shape index (κ1) is 12.2. The Hall–Kier alpha value is -1.24. The van der Waals surface area contributed by atoms with E-state index in [2.05, 4.69) is 10.3 Å². The summed E-state index contributed by atoms with van der Waals surface area (Å²) in [5, 5.41) is 2.40. The highest BCUT2D eigenvalue weighted by Crippen LogP contribution is 2.43. The zero-order valence-corrected chi connectivity index (χ0v) is 8.78. The van der Waals surface area contributed by atoms with Crippen LogP contribution in [-0.2, 0) is 12.6 Å². The van der Waals surface area contributed by atoms with Gasteiger partial charge in [-0.1, -0.05) is 6.07 Å². The smallest absolute Gasteiger partial charge is 0.308 e. The van der Waals surface area contributed by atoms with Crippen molar-refractivity contribution in [3.8, 4) is 0 Å². The molecule has 17 heavy (non-hydrogen) atoms. The average molecular weight is 252 g/mol. The molecule has 2 rings (SSSR count). The zero-order valence-electron chi connectivity index (χ0n) is 8.78. The molecular formula is C10H9F5N2. The molecule has 0 fully saturated rings. The SMILES string of the molecule is CNC1c2ccc(C(F)(F)F)nc2CC1(F)F. The molecule has 0 saturated carbocycles. The molecule has 1 aliphatic rings. The molecule has 94 valence electrons. The number of fused-ring (bicyclic) bond motifs is 1. The van der Waals surface area contributed by atoms with E-state index in [9.17, 15) is 22.0 Å². The lowest BCUT2D eigenvalue weighted by molar-refractivity contribution is -0.141. The molecule has 0 radical (unpaired) electrons.